The van der Waals surface area contributed by atoms with Crippen LogP contribution in [0.4, 0.5) is 5.13 Å². The third-order valence-electron chi connectivity index (χ3n) is 2.87. The number of hydrogen-bond acceptors (Lipinski definition) is 5. The van der Waals surface area contributed by atoms with Gasteiger partial charge in [-0.15, -0.1) is 10.2 Å². The van der Waals surface area contributed by atoms with E-state index in [-0.39, 0.29) is 11.8 Å². The van der Waals surface area contributed by atoms with Gasteiger partial charge in [-0.2, -0.15) is 0 Å². The molecule has 0 aliphatic carbocycles. The summed E-state index contributed by atoms with van der Waals surface area (Å²) in [6.45, 7) is 9.14. The maximum Gasteiger partial charge on any atom is 0.225 e. The summed E-state index contributed by atoms with van der Waals surface area (Å²) in [5, 5.41) is 10.1. The summed E-state index contributed by atoms with van der Waals surface area (Å²) in [6.07, 6.45) is 0. The molecule has 1 aromatic heterocycles. The summed E-state index contributed by atoms with van der Waals surface area (Å²) < 4.78 is 0. The van der Waals surface area contributed by atoms with E-state index in [0.717, 1.165) is 36.3 Å². The molecule has 1 aromatic rings. The molecule has 0 spiro atoms. The van der Waals surface area contributed by atoms with Crippen LogP contribution < -0.4 is 4.90 Å². The van der Waals surface area contributed by atoms with Gasteiger partial charge in [0.1, 0.15) is 5.01 Å². The molecule has 6 heteroatoms. The van der Waals surface area contributed by atoms with Crippen LogP contribution in [-0.4, -0.2) is 47.2 Å². The van der Waals surface area contributed by atoms with Crippen LogP contribution in [0.1, 0.15) is 18.9 Å². The fraction of sp³-hybridized carbons (Fsp3) is 0.727. The number of hydrogen-bond donors (Lipinski definition) is 0. The van der Waals surface area contributed by atoms with E-state index in [1.54, 1.807) is 11.3 Å². The molecule has 0 bridgehead atoms. The maximum atomic E-state index is 11.8. The Morgan fingerprint density at radius 3 is 2.35 bits per heavy atom. The minimum absolute atomic E-state index is 0.0883. The largest absolute Gasteiger partial charge is 0.343 e. The van der Waals surface area contributed by atoms with Gasteiger partial charge in [-0.05, 0) is 6.92 Å². The first-order valence-corrected chi connectivity index (χ1v) is 6.73. The number of aryl methyl sites for hydroxylation is 1. The van der Waals surface area contributed by atoms with Gasteiger partial charge in [-0.25, -0.2) is 0 Å². The summed E-state index contributed by atoms with van der Waals surface area (Å²) in [5.41, 5.74) is 0. The second kappa shape index (κ2) is 5.00. The molecule has 1 saturated heterocycles. The Kier molecular flexibility index (Phi) is 3.61. The van der Waals surface area contributed by atoms with E-state index in [2.05, 4.69) is 15.1 Å². The highest BCUT2D eigenvalue weighted by atomic mass is 32.1. The minimum atomic E-state index is 0.0883. The smallest absolute Gasteiger partial charge is 0.225 e. The van der Waals surface area contributed by atoms with Crippen molar-refractivity contribution in [3.8, 4) is 0 Å². The quantitative estimate of drug-likeness (QED) is 0.794. The molecule has 2 rings (SSSR count). The van der Waals surface area contributed by atoms with E-state index < -0.39 is 0 Å². The van der Waals surface area contributed by atoms with E-state index in [1.165, 1.54) is 0 Å². The lowest BCUT2D eigenvalue weighted by Crippen LogP contribution is -2.49. The van der Waals surface area contributed by atoms with Gasteiger partial charge < -0.3 is 9.80 Å². The number of piperazine rings is 1. The Morgan fingerprint density at radius 2 is 1.88 bits per heavy atom. The monoisotopic (exact) mass is 254 g/mol. The molecule has 1 amide bonds. The highest BCUT2D eigenvalue weighted by molar-refractivity contribution is 7.15. The molecule has 94 valence electrons. The second-order valence-corrected chi connectivity index (χ2v) is 5.73. The van der Waals surface area contributed by atoms with Gasteiger partial charge in [0.25, 0.3) is 0 Å². The van der Waals surface area contributed by atoms with Crippen LogP contribution in [0.5, 0.6) is 0 Å². The fourth-order valence-electron chi connectivity index (χ4n) is 1.90. The highest BCUT2D eigenvalue weighted by Gasteiger charge is 2.24. The summed E-state index contributed by atoms with van der Waals surface area (Å²) in [6, 6.07) is 0. The molecule has 0 atom stereocenters. The highest BCUT2D eigenvalue weighted by Crippen LogP contribution is 2.21. The number of nitrogens with zero attached hydrogens (tertiary/aromatic N) is 4. The van der Waals surface area contributed by atoms with E-state index in [0.29, 0.717) is 0 Å². The van der Waals surface area contributed by atoms with Crippen molar-refractivity contribution in [3.05, 3.63) is 5.01 Å². The van der Waals surface area contributed by atoms with Gasteiger partial charge in [0.2, 0.25) is 11.0 Å². The molecule has 5 nitrogen and oxygen atoms in total. The zero-order chi connectivity index (χ0) is 12.4. The normalized spacial score (nSPS) is 16.7. The minimum Gasteiger partial charge on any atom is -0.343 e. The number of anilines is 1. The van der Waals surface area contributed by atoms with Crippen LogP contribution in [0.2, 0.25) is 0 Å². The average Bonchev–Trinajstić information content (AvgIpc) is 2.75. The van der Waals surface area contributed by atoms with Crippen LogP contribution in [0.25, 0.3) is 0 Å². The van der Waals surface area contributed by atoms with Crippen molar-refractivity contribution in [2.45, 2.75) is 20.8 Å². The Hall–Kier alpha value is -1.17. The first-order valence-electron chi connectivity index (χ1n) is 5.92. The summed E-state index contributed by atoms with van der Waals surface area (Å²) >= 11 is 1.61. The SMILES string of the molecule is Cc1nnc(N2CCN(C(=O)C(C)C)CC2)s1. The predicted molar refractivity (Wildman–Crippen MR) is 68.3 cm³/mol. The molecular formula is C11H18N4OS. The molecule has 0 aromatic carbocycles. The van der Waals surface area contributed by atoms with E-state index in [1.807, 2.05) is 25.7 Å². The van der Waals surface area contributed by atoms with Gasteiger partial charge in [0.15, 0.2) is 0 Å². The van der Waals surface area contributed by atoms with Gasteiger partial charge in [-0.1, -0.05) is 25.2 Å². The fourth-order valence-corrected chi connectivity index (χ4v) is 2.64. The van der Waals surface area contributed by atoms with Crippen LogP contribution in [-0.2, 0) is 4.79 Å². The van der Waals surface area contributed by atoms with E-state index >= 15 is 0 Å². The molecule has 0 radical (unpaired) electrons. The van der Waals surface area contributed by atoms with Crippen LogP contribution in [0.3, 0.4) is 0 Å². The molecule has 0 unspecified atom stereocenters. The van der Waals surface area contributed by atoms with Gasteiger partial charge >= 0.3 is 0 Å². The topological polar surface area (TPSA) is 49.3 Å². The molecule has 17 heavy (non-hydrogen) atoms. The summed E-state index contributed by atoms with van der Waals surface area (Å²) in [4.78, 5) is 16.0. The zero-order valence-electron chi connectivity index (χ0n) is 10.5. The zero-order valence-corrected chi connectivity index (χ0v) is 11.3. The standard InChI is InChI=1S/C11H18N4OS/c1-8(2)10(16)14-4-6-15(7-5-14)11-13-12-9(3)17-11/h8H,4-7H2,1-3H3. The van der Waals surface area contributed by atoms with Crippen molar-refractivity contribution in [1.82, 2.24) is 15.1 Å². The first kappa shape index (κ1) is 12.3. The van der Waals surface area contributed by atoms with Gasteiger partial charge in [0, 0.05) is 32.1 Å². The van der Waals surface area contributed by atoms with Crippen molar-refractivity contribution >= 4 is 22.4 Å². The Bertz CT molecular complexity index is 396. The van der Waals surface area contributed by atoms with Crippen LogP contribution >= 0.6 is 11.3 Å². The molecule has 1 aliphatic heterocycles. The number of carbonyl (C=O) groups is 1. The number of rotatable bonds is 2. The molecule has 1 aliphatic rings. The molecule has 0 saturated carbocycles. The molecule has 2 heterocycles. The first-order chi connectivity index (χ1) is 8.08. The third-order valence-corrected chi connectivity index (χ3v) is 3.77. The van der Waals surface area contributed by atoms with Crippen molar-refractivity contribution in [3.63, 3.8) is 0 Å². The van der Waals surface area contributed by atoms with E-state index in [9.17, 15) is 4.79 Å². The van der Waals surface area contributed by atoms with Crippen LogP contribution in [0, 0.1) is 12.8 Å². The van der Waals surface area contributed by atoms with Crippen molar-refractivity contribution in [2.24, 2.45) is 5.92 Å². The van der Waals surface area contributed by atoms with Gasteiger partial charge in [0.05, 0.1) is 0 Å². The molecule has 0 N–H and O–H groups in total. The Labute approximate surface area is 105 Å². The van der Waals surface area contributed by atoms with E-state index in [4.69, 9.17) is 0 Å². The lowest BCUT2D eigenvalue weighted by molar-refractivity contribution is -0.134. The summed E-state index contributed by atoms with van der Waals surface area (Å²) in [7, 11) is 0. The lowest BCUT2D eigenvalue weighted by atomic mass is 10.2. The third kappa shape index (κ3) is 2.74. The number of aromatic nitrogens is 2. The maximum absolute atomic E-state index is 11.8. The lowest BCUT2D eigenvalue weighted by Gasteiger charge is -2.35. The number of amides is 1. The summed E-state index contributed by atoms with van der Waals surface area (Å²) in [5.74, 6) is 0.336. The predicted octanol–water partition coefficient (Wildman–Crippen LogP) is 1.15. The van der Waals surface area contributed by atoms with Gasteiger partial charge in [-0.3, -0.25) is 4.79 Å². The Balaban J connectivity index is 1.92. The number of carbonyl (C=O) groups excluding carboxylic acids is 1. The van der Waals surface area contributed by atoms with Crippen molar-refractivity contribution in [2.75, 3.05) is 31.1 Å². The van der Waals surface area contributed by atoms with Crippen molar-refractivity contribution in [1.29, 1.82) is 0 Å². The van der Waals surface area contributed by atoms with Crippen molar-refractivity contribution < 1.29 is 4.79 Å². The molecule has 1 fully saturated rings. The molecular weight excluding hydrogens is 236 g/mol. The van der Waals surface area contributed by atoms with Crippen LogP contribution in [0.15, 0.2) is 0 Å². The average molecular weight is 254 g/mol. The Morgan fingerprint density at radius 1 is 1.24 bits per heavy atom. The second-order valence-electron chi connectivity index (χ2n) is 4.57.